The van der Waals surface area contributed by atoms with Crippen LogP contribution in [-0.4, -0.2) is 21.5 Å². The van der Waals surface area contributed by atoms with E-state index in [1.807, 2.05) is 13.0 Å². The summed E-state index contributed by atoms with van der Waals surface area (Å²) in [5.41, 5.74) is 2.01. The second kappa shape index (κ2) is 9.91. The first-order valence-electron chi connectivity index (χ1n) is 8.51. The maximum Gasteiger partial charge on any atom is 0.387 e. The van der Waals surface area contributed by atoms with Gasteiger partial charge in [0.2, 0.25) is 0 Å². The summed E-state index contributed by atoms with van der Waals surface area (Å²) in [5, 5.41) is 11.5. The molecule has 0 aliphatic heterocycles. The van der Waals surface area contributed by atoms with Crippen LogP contribution in [0, 0.1) is 6.92 Å². The van der Waals surface area contributed by atoms with Crippen LogP contribution >= 0.6 is 51.3 Å². The van der Waals surface area contributed by atoms with Gasteiger partial charge in [-0.25, -0.2) is 0 Å². The Morgan fingerprint density at radius 1 is 1.23 bits per heavy atom. The number of aryl methyl sites for hydroxylation is 1. The van der Waals surface area contributed by atoms with E-state index in [0.29, 0.717) is 32.6 Å². The highest BCUT2D eigenvalue weighted by Crippen LogP contribution is 2.28. The molecule has 0 saturated heterocycles. The number of alkyl halides is 2. The Morgan fingerprint density at radius 2 is 2.00 bits per heavy atom. The Hall–Kier alpha value is -1.94. The molecule has 0 unspecified atom stereocenters. The molecule has 0 spiro atoms. The highest BCUT2D eigenvalue weighted by Gasteiger charge is 2.14. The van der Waals surface area contributed by atoms with Crippen LogP contribution < -0.4 is 15.4 Å². The molecule has 11 heteroatoms. The van der Waals surface area contributed by atoms with Crippen molar-refractivity contribution in [2.24, 2.45) is 0 Å². The number of ether oxygens (including phenoxy) is 1. The van der Waals surface area contributed by atoms with Gasteiger partial charge in [0.15, 0.2) is 10.9 Å². The lowest BCUT2D eigenvalue weighted by molar-refractivity contribution is -0.0493. The molecule has 1 aromatic heterocycles. The molecule has 0 saturated carbocycles. The monoisotopic (exact) mass is 534 g/mol. The van der Waals surface area contributed by atoms with Gasteiger partial charge >= 0.3 is 6.61 Å². The minimum absolute atomic E-state index is 0.0123. The molecule has 158 valence electrons. The van der Waals surface area contributed by atoms with Gasteiger partial charge < -0.3 is 15.4 Å². The topological polar surface area (TPSA) is 51.1 Å². The summed E-state index contributed by atoms with van der Waals surface area (Å²) in [6.45, 7) is -0.700. The molecule has 0 fully saturated rings. The van der Waals surface area contributed by atoms with Gasteiger partial charge in [0.25, 0.3) is 0 Å². The molecule has 5 nitrogen and oxygen atoms in total. The van der Waals surface area contributed by atoms with Crippen molar-refractivity contribution in [1.29, 1.82) is 0 Å². The first-order valence-corrected chi connectivity index (χ1v) is 10.5. The van der Waals surface area contributed by atoms with E-state index in [2.05, 4.69) is 36.4 Å². The molecule has 0 bridgehead atoms. The fourth-order valence-electron chi connectivity index (χ4n) is 2.59. The van der Waals surface area contributed by atoms with E-state index >= 15 is 0 Å². The molecule has 0 atom stereocenters. The summed E-state index contributed by atoms with van der Waals surface area (Å²) in [6.07, 6.45) is 1.76. The van der Waals surface area contributed by atoms with Crippen LogP contribution in [0.5, 0.6) is 5.75 Å². The van der Waals surface area contributed by atoms with E-state index in [-0.39, 0.29) is 10.9 Å². The van der Waals surface area contributed by atoms with Crippen LogP contribution in [0.3, 0.4) is 0 Å². The van der Waals surface area contributed by atoms with Gasteiger partial charge in [0.05, 0.1) is 16.7 Å². The van der Waals surface area contributed by atoms with Crippen molar-refractivity contribution in [2.75, 3.05) is 10.6 Å². The number of hydrogen-bond acceptors (Lipinski definition) is 3. The molecular formula is C19H15BrCl2F2N4OS. The Morgan fingerprint density at radius 3 is 2.70 bits per heavy atom. The van der Waals surface area contributed by atoms with Crippen molar-refractivity contribution < 1.29 is 13.5 Å². The minimum Gasteiger partial charge on any atom is -0.433 e. The second-order valence-corrected chi connectivity index (χ2v) is 8.32. The Balaban J connectivity index is 1.71. The summed E-state index contributed by atoms with van der Waals surface area (Å²) < 4.78 is 32.1. The minimum atomic E-state index is -2.95. The highest BCUT2D eigenvalue weighted by molar-refractivity contribution is 9.10. The number of benzene rings is 2. The smallest absolute Gasteiger partial charge is 0.387 e. The average Bonchev–Trinajstić information content (AvgIpc) is 2.98. The van der Waals surface area contributed by atoms with Gasteiger partial charge in [-0.15, -0.1) is 0 Å². The van der Waals surface area contributed by atoms with Crippen LogP contribution in [0.15, 0.2) is 47.1 Å². The van der Waals surface area contributed by atoms with Gasteiger partial charge in [0, 0.05) is 16.2 Å². The lowest BCUT2D eigenvalue weighted by atomic mass is 10.2. The molecule has 0 radical (unpaired) electrons. The number of nitrogens with one attached hydrogen (secondary N) is 2. The van der Waals surface area contributed by atoms with Crippen molar-refractivity contribution in [3.63, 3.8) is 0 Å². The molecule has 2 aromatic carbocycles. The van der Waals surface area contributed by atoms with E-state index in [0.717, 1.165) is 11.1 Å². The molecule has 0 aliphatic carbocycles. The van der Waals surface area contributed by atoms with E-state index in [9.17, 15) is 8.78 Å². The van der Waals surface area contributed by atoms with Crippen molar-refractivity contribution in [1.82, 2.24) is 9.78 Å². The van der Waals surface area contributed by atoms with E-state index in [4.69, 9.17) is 35.4 Å². The molecule has 1 heterocycles. The first kappa shape index (κ1) is 22.7. The number of anilines is 2. The normalized spacial score (nSPS) is 10.9. The molecule has 3 aromatic rings. The SMILES string of the molecule is Cc1ccc(OC(F)F)c(NC(=S)Nc2nn(Cc3ccc(Cl)cc3Cl)cc2Br)c1. The maximum atomic E-state index is 12.6. The first-order chi connectivity index (χ1) is 14.2. The summed E-state index contributed by atoms with van der Waals surface area (Å²) >= 11 is 20.9. The predicted octanol–water partition coefficient (Wildman–Crippen LogP) is 6.72. The highest BCUT2D eigenvalue weighted by atomic mass is 79.9. The van der Waals surface area contributed by atoms with E-state index in [1.165, 1.54) is 6.07 Å². The summed E-state index contributed by atoms with van der Waals surface area (Å²) in [4.78, 5) is 0. The van der Waals surface area contributed by atoms with Crippen molar-refractivity contribution >= 4 is 68.0 Å². The zero-order valence-electron chi connectivity index (χ0n) is 15.4. The van der Waals surface area contributed by atoms with Crippen molar-refractivity contribution in [2.45, 2.75) is 20.1 Å². The van der Waals surface area contributed by atoms with Gasteiger partial charge in [-0.2, -0.15) is 13.9 Å². The lowest BCUT2D eigenvalue weighted by Crippen LogP contribution is -2.20. The average molecular weight is 536 g/mol. The molecule has 0 aliphatic rings. The molecule has 30 heavy (non-hydrogen) atoms. The fourth-order valence-corrected chi connectivity index (χ4v) is 3.68. The summed E-state index contributed by atoms with van der Waals surface area (Å²) in [7, 11) is 0. The predicted molar refractivity (Wildman–Crippen MR) is 123 cm³/mol. The number of thiocarbonyl (C=S) groups is 1. The van der Waals surface area contributed by atoms with Gasteiger partial charge in [-0.05, 0) is 70.5 Å². The van der Waals surface area contributed by atoms with Gasteiger partial charge in [-0.3, -0.25) is 4.68 Å². The molecule has 0 amide bonds. The van der Waals surface area contributed by atoms with Gasteiger partial charge in [0.1, 0.15) is 5.75 Å². The van der Waals surface area contributed by atoms with E-state index < -0.39 is 6.61 Å². The number of halogens is 5. The second-order valence-electron chi connectivity index (χ2n) is 6.22. The Labute approximate surface area is 195 Å². The number of hydrogen-bond donors (Lipinski definition) is 2. The van der Waals surface area contributed by atoms with E-state index in [1.54, 1.807) is 35.1 Å². The lowest BCUT2D eigenvalue weighted by Gasteiger charge is -2.14. The van der Waals surface area contributed by atoms with Crippen LogP contribution in [0.25, 0.3) is 0 Å². The van der Waals surface area contributed by atoms with Crippen LogP contribution in [0.1, 0.15) is 11.1 Å². The fraction of sp³-hybridized carbons (Fsp3) is 0.158. The maximum absolute atomic E-state index is 12.6. The van der Waals surface area contributed by atoms with Crippen LogP contribution in [0.4, 0.5) is 20.3 Å². The zero-order valence-corrected chi connectivity index (χ0v) is 19.3. The van der Waals surface area contributed by atoms with Gasteiger partial charge in [-0.1, -0.05) is 35.3 Å². The third-order valence-electron chi connectivity index (χ3n) is 3.90. The summed E-state index contributed by atoms with van der Waals surface area (Å²) in [5.74, 6) is 0.434. The Kier molecular flexibility index (Phi) is 7.51. The van der Waals surface area contributed by atoms with Crippen LogP contribution in [0.2, 0.25) is 10.0 Å². The Bertz CT molecular complexity index is 1080. The van der Waals surface area contributed by atoms with Crippen molar-refractivity contribution in [3.8, 4) is 5.75 Å². The standard InChI is InChI=1S/C19H15BrCl2F2N4OS/c1-10-2-5-16(29-18(23)24)15(6-10)25-19(30)26-17-13(20)9-28(27-17)8-11-3-4-12(21)7-14(11)22/h2-7,9,18H,8H2,1H3,(H2,25,26,27,30). The van der Waals surface area contributed by atoms with Crippen LogP contribution in [-0.2, 0) is 6.54 Å². The molecule has 2 N–H and O–H groups in total. The third kappa shape index (κ3) is 6.04. The number of aromatic nitrogens is 2. The largest absolute Gasteiger partial charge is 0.433 e. The molecular weight excluding hydrogens is 521 g/mol. The third-order valence-corrected chi connectivity index (χ3v) is 5.27. The zero-order chi connectivity index (χ0) is 21.8. The molecule has 3 rings (SSSR count). The van der Waals surface area contributed by atoms with Crippen molar-refractivity contribution in [3.05, 3.63) is 68.2 Å². The quantitative estimate of drug-likeness (QED) is 0.343. The number of rotatable bonds is 6. The summed E-state index contributed by atoms with van der Waals surface area (Å²) in [6, 6.07) is 10.0. The number of nitrogens with zero attached hydrogens (tertiary/aromatic N) is 2.